The summed E-state index contributed by atoms with van der Waals surface area (Å²) in [6.45, 7) is 6.40. The molecule has 0 saturated heterocycles. The maximum absolute atomic E-state index is 12.3. The number of nitrogens with one attached hydrogen (secondary N) is 2. The predicted molar refractivity (Wildman–Crippen MR) is 88.8 cm³/mol. The zero-order valence-electron chi connectivity index (χ0n) is 13.1. The number of amides is 1. The number of hydrogen-bond acceptors (Lipinski definition) is 5. The highest BCUT2D eigenvalue weighted by Crippen LogP contribution is 2.29. The lowest BCUT2D eigenvalue weighted by molar-refractivity contribution is 0.0940. The normalized spacial score (nSPS) is 17.9. The van der Waals surface area contributed by atoms with E-state index >= 15 is 0 Å². The molecule has 1 aliphatic carbocycles. The monoisotopic (exact) mass is 310 g/mol. The van der Waals surface area contributed by atoms with Crippen LogP contribution in [0.15, 0.2) is 0 Å². The van der Waals surface area contributed by atoms with Gasteiger partial charge in [0.1, 0.15) is 10.7 Å². The number of nitrogen functional groups attached to an aromatic ring is 1. The van der Waals surface area contributed by atoms with Gasteiger partial charge in [-0.1, -0.05) is 31.6 Å². The van der Waals surface area contributed by atoms with Gasteiger partial charge in [0.15, 0.2) is 5.13 Å². The summed E-state index contributed by atoms with van der Waals surface area (Å²) in [5.41, 5.74) is 5.88. The van der Waals surface area contributed by atoms with E-state index in [2.05, 4.69) is 29.5 Å². The zero-order valence-corrected chi connectivity index (χ0v) is 13.9. The highest BCUT2D eigenvalue weighted by Gasteiger charge is 2.22. The van der Waals surface area contributed by atoms with Crippen LogP contribution < -0.4 is 16.4 Å². The van der Waals surface area contributed by atoms with Crippen molar-refractivity contribution in [1.82, 2.24) is 10.3 Å². The second kappa shape index (κ2) is 7.11. The van der Waals surface area contributed by atoms with E-state index in [1.807, 2.05) is 6.92 Å². The van der Waals surface area contributed by atoms with Crippen LogP contribution in [0.4, 0.5) is 10.9 Å². The van der Waals surface area contributed by atoms with Crippen LogP contribution in [-0.4, -0.2) is 23.0 Å². The average molecular weight is 310 g/mol. The summed E-state index contributed by atoms with van der Waals surface area (Å²) in [7, 11) is 0. The first kappa shape index (κ1) is 16.1. The topological polar surface area (TPSA) is 80.0 Å². The summed E-state index contributed by atoms with van der Waals surface area (Å²) >= 11 is 1.35. The summed E-state index contributed by atoms with van der Waals surface area (Å²) in [5, 5.41) is 7.12. The van der Waals surface area contributed by atoms with Crippen LogP contribution in [0.25, 0.3) is 0 Å². The quantitative estimate of drug-likeness (QED) is 0.722. The van der Waals surface area contributed by atoms with Gasteiger partial charge in [-0.2, -0.15) is 0 Å². The van der Waals surface area contributed by atoms with Gasteiger partial charge in [0.25, 0.3) is 5.91 Å². The minimum absolute atomic E-state index is 0.109. The maximum Gasteiger partial charge on any atom is 0.265 e. The summed E-state index contributed by atoms with van der Waals surface area (Å²) in [4.78, 5) is 17.1. The number of hydrogen-bond donors (Lipinski definition) is 3. The van der Waals surface area contributed by atoms with E-state index < -0.39 is 0 Å². The Morgan fingerprint density at radius 1 is 1.48 bits per heavy atom. The lowest BCUT2D eigenvalue weighted by Gasteiger charge is -2.25. The van der Waals surface area contributed by atoms with Crippen molar-refractivity contribution in [3.63, 3.8) is 0 Å². The van der Waals surface area contributed by atoms with Gasteiger partial charge in [0.2, 0.25) is 0 Å². The second-order valence-electron chi connectivity index (χ2n) is 6.13. The molecule has 0 spiro atoms. The molecular formula is C15H26N4OS. The van der Waals surface area contributed by atoms with Crippen molar-refractivity contribution < 1.29 is 4.79 Å². The number of carbonyl (C=O) groups is 1. The Morgan fingerprint density at radius 2 is 2.19 bits per heavy atom. The van der Waals surface area contributed by atoms with E-state index in [4.69, 9.17) is 5.73 Å². The van der Waals surface area contributed by atoms with E-state index in [0.717, 1.165) is 18.0 Å². The zero-order chi connectivity index (χ0) is 15.4. The number of nitrogens with zero attached hydrogens (tertiary/aromatic N) is 1. The van der Waals surface area contributed by atoms with Crippen molar-refractivity contribution in [3.8, 4) is 0 Å². The maximum atomic E-state index is 12.3. The van der Waals surface area contributed by atoms with E-state index in [1.54, 1.807) is 0 Å². The number of rotatable bonds is 7. The Kier molecular flexibility index (Phi) is 5.45. The van der Waals surface area contributed by atoms with Crippen LogP contribution in [-0.2, 0) is 0 Å². The molecule has 2 unspecified atom stereocenters. The largest absolute Gasteiger partial charge is 0.382 e. The number of aromatic nitrogens is 1. The van der Waals surface area contributed by atoms with Gasteiger partial charge in [-0.05, 0) is 38.5 Å². The van der Waals surface area contributed by atoms with Gasteiger partial charge in [-0.3, -0.25) is 4.79 Å². The van der Waals surface area contributed by atoms with Gasteiger partial charge in [-0.25, -0.2) is 4.98 Å². The highest BCUT2D eigenvalue weighted by atomic mass is 32.1. The Morgan fingerprint density at radius 3 is 2.76 bits per heavy atom. The molecule has 2 atom stereocenters. The molecule has 118 valence electrons. The lowest BCUT2D eigenvalue weighted by atomic mass is 9.93. The molecular weight excluding hydrogens is 284 g/mol. The van der Waals surface area contributed by atoms with Gasteiger partial charge in [-0.15, -0.1) is 0 Å². The van der Waals surface area contributed by atoms with Crippen molar-refractivity contribution in [3.05, 3.63) is 4.88 Å². The van der Waals surface area contributed by atoms with E-state index in [9.17, 15) is 4.79 Å². The molecule has 0 radical (unpaired) electrons. The molecule has 1 aliphatic rings. The minimum Gasteiger partial charge on any atom is -0.382 e. The second-order valence-corrected chi connectivity index (χ2v) is 7.13. The standard InChI is InChI=1S/C15H26N4OS/c1-4-9(2)8-10(3)17-14(20)12-13(16)19-15(21-12)18-11-6-5-7-11/h9-11H,4-8,16H2,1-3H3,(H,17,20)(H,18,19). The molecule has 0 aromatic carbocycles. The molecule has 21 heavy (non-hydrogen) atoms. The van der Waals surface area contributed by atoms with Crippen molar-refractivity contribution >= 4 is 28.2 Å². The molecule has 1 heterocycles. The van der Waals surface area contributed by atoms with Gasteiger partial charge < -0.3 is 16.4 Å². The first-order valence-electron chi connectivity index (χ1n) is 7.83. The van der Waals surface area contributed by atoms with Crippen LogP contribution in [0.2, 0.25) is 0 Å². The number of anilines is 2. The third-order valence-electron chi connectivity index (χ3n) is 4.12. The fraction of sp³-hybridized carbons (Fsp3) is 0.733. The van der Waals surface area contributed by atoms with Gasteiger partial charge in [0.05, 0.1) is 0 Å². The third kappa shape index (κ3) is 4.33. The van der Waals surface area contributed by atoms with Crippen LogP contribution in [0, 0.1) is 5.92 Å². The minimum atomic E-state index is -0.109. The molecule has 0 bridgehead atoms. The Bertz CT molecular complexity index is 484. The predicted octanol–water partition coefficient (Wildman–Crippen LogP) is 3.24. The van der Waals surface area contributed by atoms with Crippen LogP contribution in [0.1, 0.15) is 62.5 Å². The van der Waals surface area contributed by atoms with Crippen LogP contribution in [0.3, 0.4) is 0 Å². The molecule has 5 nitrogen and oxygen atoms in total. The highest BCUT2D eigenvalue weighted by molar-refractivity contribution is 7.18. The third-order valence-corrected chi connectivity index (χ3v) is 5.12. The van der Waals surface area contributed by atoms with E-state index in [0.29, 0.717) is 22.7 Å². The number of thiazole rings is 1. The van der Waals surface area contributed by atoms with Crippen molar-refractivity contribution in [1.29, 1.82) is 0 Å². The lowest BCUT2D eigenvalue weighted by Crippen LogP contribution is -2.33. The summed E-state index contributed by atoms with van der Waals surface area (Å²) < 4.78 is 0. The molecule has 1 aromatic rings. The fourth-order valence-corrected chi connectivity index (χ4v) is 3.27. The van der Waals surface area contributed by atoms with Crippen LogP contribution >= 0.6 is 11.3 Å². The first-order chi connectivity index (χ1) is 9.99. The Hall–Kier alpha value is -1.30. The Balaban J connectivity index is 1.91. The van der Waals surface area contributed by atoms with Crippen LogP contribution in [0.5, 0.6) is 0 Å². The molecule has 6 heteroatoms. The van der Waals surface area contributed by atoms with Gasteiger partial charge in [0, 0.05) is 12.1 Å². The molecule has 2 rings (SSSR count). The van der Waals surface area contributed by atoms with Gasteiger partial charge >= 0.3 is 0 Å². The molecule has 0 aliphatic heterocycles. The van der Waals surface area contributed by atoms with E-state index in [1.165, 1.54) is 30.6 Å². The average Bonchev–Trinajstić information content (AvgIpc) is 2.74. The summed E-state index contributed by atoms with van der Waals surface area (Å²) in [6.07, 6.45) is 5.71. The molecule has 1 fully saturated rings. The first-order valence-corrected chi connectivity index (χ1v) is 8.65. The van der Waals surface area contributed by atoms with E-state index in [-0.39, 0.29) is 11.9 Å². The number of carbonyl (C=O) groups excluding carboxylic acids is 1. The van der Waals surface area contributed by atoms with Crippen molar-refractivity contribution in [2.24, 2.45) is 5.92 Å². The molecule has 4 N–H and O–H groups in total. The summed E-state index contributed by atoms with van der Waals surface area (Å²) in [5.74, 6) is 0.826. The SMILES string of the molecule is CCC(C)CC(C)NC(=O)c1sc(NC2CCC2)nc1N. The fourth-order valence-electron chi connectivity index (χ4n) is 2.40. The number of nitrogens with two attached hydrogens (primary N) is 1. The molecule has 1 saturated carbocycles. The molecule has 1 aromatic heterocycles. The smallest absolute Gasteiger partial charge is 0.265 e. The van der Waals surface area contributed by atoms with Crippen molar-refractivity contribution in [2.45, 2.75) is 65.0 Å². The van der Waals surface area contributed by atoms with Crippen molar-refractivity contribution in [2.75, 3.05) is 11.1 Å². The molecule has 1 amide bonds. The summed E-state index contributed by atoms with van der Waals surface area (Å²) in [6, 6.07) is 0.646. The Labute approximate surface area is 130 Å².